The van der Waals surface area contributed by atoms with Crippen LogP contribution in [0.15, 0.2) is 6.20 Å². The van der Waals surface area contributed by atoms with Gasteiger partial charge >= 0.3 is 0 Å². The van der Waals surface area contributed by atoms with Gasteiger partial charge in [-0.2, -0.15) is 5.10 Å². The van der Waals surface area contributed by atoms with E-state index in [2.05, 4.69) is 35.6 Å². The van der Waals surface area contributed by atoms with Crippen molar-refractivity contribution in [3.63, 3.8) is 0 Å². The molecular formula is C18H29N3. The first kappa shape index (κ1) is 13.8. The quantitative estimate of drug-likeness (QED) is 0.868. The van der Waals surface area contributed by atoms with Crippen molar-refractivity contribution in [2.75, 3.05) is 6.54 Å². The summed E-state index contributed by atoms with van der Waals surface area (Å²) in [6, 6.07) is 0. The van der Waals surface area contributed by atoms with Gasteiger partial charge in [0, 0.05) is 23.2 Å². The molecule has 1 aromatic rings. The Bertz CT molecular complexity index is 467. The molecule has 4 fully saturated rings. The number of hydrogen-bond acceptors (Lipinski definition) is 2. The Morgan fingerprint density at radius 3 is 2.38 bits per heavy atom. The molecule has 0 atom stereocenters. The summed E-state index contributed by atoms with van der Waals surface area (Å²) in [7, 11) is 0. The number of nitrogens with zero attached hydrogens (tertiary/aromatic N) is 1. The van der Waals surface area contributed by atoms with E-state index in [0.717, 1.165) is 30.8 Å². The number of H-pyrrole nitrogens is 1. The molecule has 4 saturated carbocycles. The fraction of sp³-hybridized carbons (Fsp3) is 0.833. The second-order valence-corrected chi connectivity index (χ2v) is 8.49. The Morgan fingerprint density at radius 1 is 1.19 bits per heavy atom. The van der Waals surface area contributed by atoms with Crippen LogP contribution in [0.1, 0.15) is 63.6 Å². The Kier molecular flexibility index (Phi) is 3.36. The number of rotatable bonds is 5. The summed E-state index contributed by atoms with van der Waals surface area (Å²) in [5, 5.41) is 11.4. The van der Waals surface area contributed by atoms with Gasteiger partial charge in [0.15, 0.2) is 0 Å². The summed E-state index contributed by atoms with van der Waals surface area (Å²) in [6.07, 6.45) is 10.8. The van der Waals surface area contributed by atoms with Crippen molar-refractivity contribution >= 4 is 0 Å². The van der Waals surface area contributed by atoms with Crippen molar-refractivity contribution in [2.24, 2.45) is 23.7 Å². The number of aromatic nitrogens is 2. The molecule has 0 amide bonds. The maximum atomic E-state index is 4.41. The van der Waals surface area contributed by atoms with Crippen LogP contribution in [0, 0.1) is 23.7 Å². The SMILES string of the molecule is CC(C)CNCc1cn[nH]c1C12CC3CC(CC(C3)C1)C2. The molecule has 3 heteroatoms. The van der Waals surface area contributed by atoms with Gasteiger partial charge in [-0.15, -0.1) is 0 Å². The largest absolute Gasteiger partial charge is 0.312 e. The van der Waals surface area contributed by atoms with Crippen LogP contribution in [-0.2, 0) is 12.0 Å². The maximum absolute atomic E-state index is 4.41. The maximum Gasteiger partial charge on any atom is 0.0535 e. The van der Waals surface area contributed by atoms with E-state index < -0.39 is 0 Å². The van der Waals surface area contributed by atoms with Gasteiger partial charge in [-0.1, -0.05) is 13.8 Å². The Balaban J connectivity index is 1.55. The van der Waals surface area contributed by atoms with E-state index in [4.69, 9.17) is 0 Å². The fourth-order valence-electron chi connectivity index (χ4n) is 5.82. The van der Waals surface area contributed by atoms with Gasteiger partial charge in [-0.05, 0) is 68.7 Å². The molecule has 116 valence electrons. The lowest BCUT2D eigenvalue weighted by Crippen LogP contribution is -2.49. The van der Waals surface area contributed by atoms with Crippen LogP contribution in [0.4, 0.5) is 0 Å². The molecule has 5 rings (SSSR count). The van der Waals surface area contributed by atoms with E-state index in [1.54, 1.807) is 0 Å². The zero-order chi connectivity index (χ0) is 14.4. The average Bonchev–Trinajstić information content (AvgIpc) is 2.85. The summed E-state index contributed by atoms with van der Waals surface area (Å²) in [5.41, 5.74) is 3.36. The zero-order valence-electron chi connectivity index (χ0n) is 13.5. The van der Waals surface area contributed by atoms with Crippen LogP contribution in [0.2, 0.25) is 0 Å². The zero-order valence-corrected chi connectivity index (χ0v) is 13.5. The van der Waals surface area contributed by atoms with E-state index in [1.165, 1.54) is 49.8 Å². The highest BCUT2D eigenvalue weighted by Gasteiger charge is 2.52. The molecule has 0 aromatic carbocycles. The van der Waals surface area contributed by atoms with Gasteiger partial charge in [-0.3, -0.25) is 5.10 Å². The third-order valence-corrected chi connectivity index (χ3v) is 6.15. The summed E-state index contributed by atoms with van der Waals surface area (Å²) in [4.78, 5) is 0. The molecule has 0 unspecified atom stereocenters. The van der Waals surface area contributed by atoms with Crippen LogP contribution in [0.5, 0.6) is 0 Å². The van der Waals surface area contributed by atoms with Crippen LogP contribution in [-0.4, -0.2) is 16.7 Å². The molecule has 4 bridgehead atoms. The van der Waals surface area contributed by atoms with Crippen molar-refractivity contribution in [1.82, 2.24) is 15.5 Å². The smallest absolute Gasteiger partial charge is 0.0535 e. The van der Waals surface area contributed by atoms with Gasteiger partial charge in [0.1, 0.15) is 0 Å². The van der Waals surface area contributed by atoms with E-state index >= 15 is 0 Å². The summed E-state index contributed by atoms with van der Waals surface area (Å²) >= 11 is 0. The highest BCUT2D eigenvalue weighted by Crippen LogP contribution is 2.60. The van der Waals surface area contributed by atoms with Gasteiger partial charge in [0.05, 0.1) is 6.20 Å². The molecule has 3 nitrogen and oxygen atoms in total. The first-order valence-corrected chi connectivity index (χ1v) is 8.88. The molecule has 0 spiro atoms. The predicted molar refractivity (Wildman–Crippen MR) is 85.0 cm³/mol. The Morgan fingerprint density at radius 2 is 1.81 bits per heavy atom. The van der Waals surface area contributed by atoms with Crippen molar-refractivity contribution in [1.29, 1.82) is 0 Å². The average molecular weight is 287 g/mol. The van der Waals surface area contributed by atoms with Gasteiger partial charge < -0.3 is 5.32 Å². The Hall–Kier alpha value is -0.830. The predicted octanol–water partition coefficient (Wildman–Crippen LogP) is 3.62. The van der Waals surface area contributed by atoms with Crippen LogP contribution >= 0.6 is 0 Å². The van der Waals surface area contributed by atoms with E-state index in [9.17, 15) is 0 Å². The van der Waals surface area contributed by atoms with Crippen LogP contribution < -0.4 is 5.32 Å². The lowest BCUT2D eigenvalue weighted by Gasteiger charge is -2.56. The van der Waals surface area contributed by atoms with Crippen molar-refractivity contribution in [3.8, 4) is 0 Å². The van der Waals surface area contributed by atoms with Crippen molar-refractivity contribution in [2.45, 2.75) is 64.3 Å². The molecule has 21 heavy (non-hydrogen) atoms. The number of nitrogens with one attached hydrogen (secondary N) is 2. The first-order chi connectivity index (χ1) is 10.1. The number of aromatic amines is 1. The second-order valence-electron chi connectivity index (χ2n) is 8.49. The van der Waals surface area contributed by atoms with Crippen LogP contribution in [0.3, 0.4) is 0 Å². The monoisotopic (exact) mass is 287 g/mol. The minimum absolute atomic E-state index is 0.445. The molecular weight excluding hydrogens is 258 g/mol. The topological polar surface area (TPSA) is 40.7 Å². The van der Waals surface area contributed by atoms with Crippen molar-refractivity contribution in [3.05, 3.63) is 17.5 Å². The van der Waals surface area contributed by atoms with E-state index in [0.29, 0.717) is 11.3 Å². The highest BCUT2D eigenvalue weighted by atomic mass is 15.1. The molecule has 4 aliphatic rings. The normalized spacial score (nSPS) is 37.6. The van der Waals surface area contributed by atoms with Gasteiger partial charge in [0.25, 0.3) is 0 Å². The summed E-state index contributed by atoms with van der Waals surface area (Å²) in [5.74, 6) is 3.70. The van der Waals surface area contributed by atoms with Crippen LogP contribution in [0.25, 0.3) is 0 Å². The first-order valence-electron chi connectivity index (χ1n) is 8.88. The van der Waals surface area contributed by atoms with E-state index in [1.807, 2.05) is 0 Å². The minimum Gasteiger partial charge on any atom is -0.312 e. The number of hydrogen-bond donors (Lipinski definition) is 2. The molecule has 4 aliphatic carbocycles. The van der Waals surface area contributed by atoms with Crippen molar-refractivity contribution < 1.29 is 0 Å². The minimum atomic E-state index is 0.445. The molecule has 0 saturated heterocycles. The second kappa shape index (κ2) is 5.12. The molecule has 1 heterocycles. The summed E-state index contributed by atoms with van der Waals surface area (Å²) in [6.45, 7) is 6.60. The fourth-order valence-corrected chi connectivity index (χ4v) is 5.82. The van der Waals surface area contributed by atoms with Gasteiger partial charge in [0.2, 0.25) is 0 Å². The highest BCUT2D eigenvalue weighted by molar-refractivity contribution is 5.29. The summed E-state index contributed by atoms with van der Waals surface area (Å²) < 4.78 is 0. The molecule has 1 aromatic heterocycles. The Labute approximate surface area is 128 Å². The van der Waals surface area contributed by atoms with Gasteiger partial charge in [-0.25, -0.2) is 0 Å². The third kappa shape index (κ3) is 2.44. The van der Waals surface area contributed by atoms with E-state index in [-0.39, 0.29) is 0 Å². The molecule has 0 aliphatic heterocycles. The standard InChI is InChI=1S/C18H29N3/c1-12(2)9-19-10-16-11-20-21-17(16)18-6-13-3-14(7-18)5-15(4-13)8-18/h11-15,19H,3-10H2,1-2H3,(H,20,21). The lowest BCUT2D eigenvalue weighted by molar-refractivity contribution is -0.00764. The molecule has 0 radical (unpaired) electrons. The third-order valence-electron chi connectivity index (χ3n) is 6.15. The lowest BCUT2D eigenvalue weighted by atomic mass is 9.48. The molecule has 2 N–H and O–H groups in total.